The largest absolute Gasteiger partial charge is 0.301 e. The van der Waals surface area contributed by atoms with Gasteiger partial charge in [0, 0.05) is 22.5 Å². The number of nitriles is 1. The summed E-state index contributed by atoms with van der Waals surface area (Å²) in [7, 11) is -2.55. The molecule has 1 heterocycles. The molecule has 1 N–H and O–H groups in total. The van der Waals surface area contributed by atoms with Crippen molar-refractivity contribution in [1.29, 1.82) is 5.26 Å². The van der Waals surface area contributed by atoms with Crippen molar-refractivity contribution in [2.24, 2.45) is 0 Å². The van der Waals surface area contributed by atoms with Crippen LogP contribution in [0.3, 0.4) is 0 Å². The molecule has 0 saturated heterocycles. The molecule has 0 aliphatic carbocycles. The maximum atomic E-state index is 12.6. The molecule has 0 spiro atoms. The quantitative estimate of drug-likeness (QED) is 0.600. The Labute approximate surface area is 183 Å². The topological polar surface area (TPSA) is 103 Å². The number of hydrogen-bond donors (Lipinski definition) is 1. The number of nitrogens with one attached hydrogen (secondary N) is 1. The normalized spacial score (nSPS) is 11.3. The molecule has 3 rings (SSSR count). The fourth-order valence-electron chi connectivity index (χ4n) is 2.65. The van der Waals surface area contributed by atoms with Gasteiger partial charge < -0.3 is 5.32 Å². The highest BCUT2D eigenvalue weighted by Crippen LogP contribution is 2.31. The fourth-order valence-corrected chi connectivity index (χ4v) is 4.76. The lowest BCUT2D eigenvalue weighted by Crippen LogP contribution is -2.34. The van der Waals surface area contributed by atoms with Gasteiger partial charge in [0.05, 0.1) is 28.8 Å². The maximum absolute atomic E-state index is 12.6. The molecule has 154 valence electrons. The van der Waals surface area contributed by atoms with Crippen molar-refractivity contribution < 1.29 is 13.2 Å². The second-order valence-electron chi connectivity index (χ2n) is 6.38. The Balaban J connectivity index is 1.70. The second-order valence-corrected chi connectivity index (χ2v) is 10.1. The summed E-state index contributed by atoms with van der Waals surface area (Å²) in [6.45, 7) is 1.51. The van der Waals surface area contributed by atoms with Crippen LogP contribution < -0.4 is 5.32 Å². The molecule has 10 heteroatoms. The summed E-state index contributed by atoms with van der Waals surface area (Å²) >= 11 is 7.22. The Morgan fingerprint density at radius 1 is 1.20 bits per heavy atom. The van der Waals surface area contributed by atoms with E-state index in [-0.39, 0.29) is 11.4 Å². The molecule has 0 aliphatic heterocycles. The van der Waals surface area contributed by atoms with E-state index in [9.17, 15) is 13.2 Å². The van der Waals surface area contributed by atoms with Crippen LogP contribution in [-0.4, -0.2) is 37.2 Å². The molecule has 7 nitrogen and oxygen atoms in total. The minimum atomic E-state index is -3.87. The molecule has 0 saturated carbocycles. The van der Waals surface area contributed by atoms with Crippen LogP contribution in [0.5, 0.6) is 0 Å². The van der Waals surface area contributed by atoms with Gasteiger partial charge in [0.15, 0.2) is 5.13 Å². The van der Waals surface area contributed by atoms with E-state index in [4.69, 9.17) is 16.9 Å². The summed E-state index contributed by atoms with van der Waals surface area (Å²) in [4.78, 5) is 17.7. The molecule has 2 aromatic carbocycles. The molecule has 0 atom stereocenters. The lowest BCUT2D eigenvalue weighted by molar-refractivity contribution is -0.116. The first-order chi connectivity index (χ1) is 14.2. The molecule has 0 unspecified atom stereocenters. The highest BCUT2D eigenvalue weighted by molar-refractivity contribution is 7.89. The third kappa shape index (κ3) is 4.86. The molecule has 0 bridgehead atoms. The van der Waals surface area contributed by atoms with Gasteiger partial charge in [-0.15, -0.1) is 11.3 Å². The lowest BCUT2D eigenvalue weighted by atomic mass is 10.1. The van der Waals surface area contributed by atoms with Gasteiger partial charge in [0.1, 0.15) is 0 Å². The number of sulfonamides is 1. The van der Waals surface area contributed by atoms with Gasteiger partial charge in [-0.2, -0.15) is 9.57 Å². The molecule has 0 aliphatic rings. The number of carbonyl (C=O) groups is 1. The van der Waals surface area contributed by atoms with Crippen LogP contribution in [0.25, 0.3) is 11.3 Å². The van der Waals surface area contributed by atoms with Crippen molar-refractivity contribution in [2.45, 2.75) is 11.8 Å². The van der Waals surface area contributed by atoms with Gasteiger partial charge in [-0.05, 0) is 43.3 Å². The number of carbonyl (C=O) groups excluding carboxylic acids is 1. The van der Waals surface area contributed by atoms with Crippen LogP contribution in [0.4, 0.5) is 5.13 Å². The summed E-state index contributed by atoms with van der Waals surface area (Å²) in [6.07, 6.45) is 0. The molecule has 1 amide bonds. The van der Waals surface area contributed by atoms with Gasteiger partial charge in [-0.3, -0.25) is 4.79 Å². The first-order valence-electron chi connectivity index (χ1n) is 8.70. The molecular weight excluding hydrogens is 444 g/mol. The van der Waals surface area contributed by atoms with Crippen LogP contribution in [0.1, 0.15) is 10.4 Å². The Morgan fingerprint density at radius 3 is 2.43 bits per heavy atom. The second kappa shape index (κ2) is 8.93. The number of hydrogen-bond acceptors (Lipinski definition) is 6. The van der Waals surface area contributed by atoms with Gasteiger partial charge in [-0.25, -0.2) is 13.4 Å². The smallest absolute Gasteiger partial charge is 0.243 e. The fraction of sp³-hybridized carbons (Fsp3) is 0.150. The van der Waals surface area contributed by atoms with Crippen molar-refractivity contribution >= 4 is 44.0 Å². The predicted molar refractivity (Wildman–Crippen MR) is 117 cm³/mol. The number of benzene rings is 2. The van der Waals surface area contributed by atoms with Crippen molar-refractivity contribution in [3.05, 3.63) is 64.0 Å². The molecule has 0 radical (unpaired) electrons. The minimum absolute atomic E-state index is 0.00641. The summed E-state index contributed by atoms with van der Waals surface area (Å²) < 4.78 is 26.2. The van der Waals surface area contributed by atoms with E-state index in [2.05, 4.69) is 10.3 Å². The SMILES string of the molecule is Cc1sc(NC(=O)CN(C)S(=O)(=O)c2ccc(C#N)cc2)nc1-c1ccc(Cl)cc1. The lowest BCUT2D eigenvalue weighted by Gasteiger charge is -2.16. The first-order valence-corrected chi connectivity index (χ1v) is 11.3. The van der Waals surface area contributed by atoms with Crippen LogP contribution in [0.15, 0.2) is 53.4 Å². The van der Waals surface area contributed by atoms with Gasteiger partial charge in [-0.1, -0.05) is 23.7 Å². The summed E-state index contributed by atoms with van der Waals surface area (Å²) in [5.74, 6) is -0.508. The van der Waals surface area contributed by atoms with E-state index in [1.807, 2.05) is 25.1 Å². The number of aromatic nitrogens is 1. The van der Waals surface area contributed by atoms with E-state index < -0.39 is 15.9 Å². The number of thiazole rings is 1. The van der Waals surface area contributed by atoms with E-state index in [0.29, 0.717) is 15.7 Å². The number of anilines is 1. The molecular formula is C20H17ClN4O3S2. The van der Waals surface area contributed by atoms with Crippen LogP contribution in [0, 0.1) is 18.3 Å². The molecule has 30 heavy (non-hydrogen) atoms. The van der Waals surface area contributed by atoms with E-state index in [0.717, 1.165) is 20.4 Å². The molecule has 0 fully saturated rings. The van der Waals surface area contributed by atoms with Gasteiger partial charge in [0.2, 0.25) is 15.9 Å². The van der Waals surface area contributed by atoms with Gasteiger partial charge >= 0.3 is 0 Å². The van der Waals surface area contributed by atoms with Crippen LogP contribution in [0.2, 0.25) is 5.02 Å². The molecule has 1 aromatic heterocycles. The Hall–Kier alpha value is -2.77. The number of likely N-dealkylation sites (N-methyl/N-ethyl adjacent to an activating group) is 1. The third-order valence-electron chi connectivity index (χ3n) is 4.22. The predicted octanol–water partition coefficient (Wildman–Crippen LogP) is 3.90. The maximum Gasteiger partial charge on any atom is 0.243 e. The standard InChI is InChI=1S/C20H17ClN4O3S2/c1-13-19(15-5-7-16(21)8-6-15)24-20(29-13)23-18(26)12-25(2)30(27,28)17-9-3-14(11-22)4-10-17/h3-10H,12H2,1-2H3,(H,23,24,26). The van der Waals surface area contributed by atoms with Crippen molar-refractivity contribution in [3.63, 3.8) is 0 Å². The number of aryl methyl sites for hydroxylation is 1. The number of halogens is 1. The summed E-state index contributed by atoms with van der Waals surface area (Å²) in [6, 6.07) is 14.6. The summed E-state index contributed by atoms with van der Waals surface area (Å²) in [5, 5.41) is 12.5. The van der Waals surface area contributed by atoms with Crippen molar-refractivity contribution in [2.75, 3.05) is 18.9 Å². The van der Waals surface area contributed by atoms with Gasteiger partial charge in [0.25, 0.3) is 0 Å². The Bertz CT molecular complexity index is 1210. The summed E-state index contributed by atoms with van der Waals surface area (Å²) in [5.41, 5.74) is 1.95. The highest BCUT2D eigenvalue weighted by Gasteiger charge is 2.23. The third-order valence-corrected chi connectivity index (χ3v) is 7.17. The highest BCUT2D eigenvalue weighted by atomic mass is 35.5. The molecule has 3 aromatic rings. The zero-order valence-electron chi connectivity index (χ0n) is 16.1. The van der Waals surface area contributed by atoms with Crippen molar-refractivity contribution in [1.82, 2.24) is 9.29 Å². The van der Waals surface area contributed by atoms with Crippen molar-refractivity contribution in [3.8, 4) is 17.3 Å². The monoisotopic (exact) mass is 460 g/mol. The average molecular weight is 461 g/mol. The van der Waals surface area contributed by atoms with Crippen LogP contribution in [-0.2, 0) is 14.8 Å². The average Bonchev–Trinajstić information content (AvgIpc) is 3.08. The number of amides is 1. The number of rotatable bonds is 6. The minimum Gasteiger partial charge on any atom is -0.301 e. The zero-order valence-corrected chi connectivity index (χ0v) is 18.5. The van der Waals surface area contributed by atoms with E-state index in [1.165, 1.54) is 42.6 Å². The Kier molecular flexibility index (Phi) is 6.53. The Morgan fingerprint density at radius 2 is 1.83 bits per heavy atom. The number of nitrogens with zero attached hydrogens (tertiary/aromatic N) is 3. The van der Waals surface area contributed by atoms with E-state index >= 15 is 0 Å². The zero-order chi connectivity index (χ0) is 21.9. The first kappa shape index (κ1) is 21.9. The van der Waals surface area contributed by atoms with Crippen LogP contribution >= 0.6 is 22.9 Å². The van der Waals surface area contributed by atoms with E-state index in [1.54, 1.807) is 12.1 Å².